The standard InChI is InChI=1S/C29H32N2O3/c1-3-4-5-9-21-14-16-25(17-15-21)30-28(32)27-19-22-10-6-7-11-24(22)20-31(27)29(33)23-12-8-13-26(18-23)34-2/h6-8,10-18,27H,3-5,9,19-20H2,1-2H3,(H,30,32)/t27-/m0/s1. The Bertz CT molecular complexity index is 1140. The van der Waals surface area contributed by atoms with Gasteiger partial charge in [0.25, 0.3) is 5.91 Å². The first kappa shape index (κ1) is 23.6. The van der Waals surface area contributed by atoms with Crippen LogP contribution in [0.1, 0.15) is 53.2 Å². The van der Waals surface area contributed by atoms with Gasteiger partial charge in [0.15, 0.2) is 0 Å². The third-order valence-electron chi connectivity index (χ3n) is 6.42. The number of anilines is 1. The highest BCUT2D eigenvalue weighted by atomic mass is 16.5. The maximum absolute atomic E-state index is 13.5. The molecule has 3 aromatic rings. The van der Waals surface area contributed by atoms with Gasteiger partial charge in [-0.2, -0.15) is 0 Å². The summed E-state index contributed by atoms with van der Waals surface area (Å²) >= 11 is 0. The number of carbonyl (C=O) groups is 2. The summed E-state index contributed by atoms with van der Waals surface area (Å²) in [5.41, 5.74) is 4.69. The second-order valence-corrected chi connectivity index (χ2v) is 8.80. The average Bonchev–Trinajstić information content (AvgIpc) is 2.88. The van der Waals surface area contributed by atoms with Crippen LogP contribution in [0, 0.1) is 0 Å². The van der Waals surface area contributed by atoms with Gasteiger partial charge in [0, 0.05) is 24.2 Å². The molecule has 5 nitrogen and oxygen atoms in total. The van der Waals surface area contributed by atoms with Gasteiger partial charge in [-0.05, 0) is 59.9 Å². The number of rotatable bonds is 8. The lowest BCUT2D eigenvalue weighted by Gasteiger charge is -2.36. The number of nitrogens with one attached hydrogen (secondary N) is 1. The van der Waals surface area contributed by atoms with Crippen molar-refractivity contribution in [2.45, 2.75) is 51.6 Å². The molecule has 0 saturated heterocycles. The highest BCUT2D eigenvalue weighted by Crippen LogP contribution is 2.27. The Labute approximate surface area is 201 Å². The molecule has 1 heterocycles. The Kier molecular flexibility index (Phi) is 7.63. The Hall–Kier alpha value is -3.60. The van der Waals surface area contributed by atoms with E-state index in [0.717, 1.165) is 23.2 Å². The summed E-state index contributed by atoms with van der Waals surface area (Å²) in [6, 6.07) is 22.5. The maximum Gasteiger partial charge on any atom is 0.254 e. The number of methoxy groups -OCH3 is 1. The van der Waals surface area contributed by atoms with E-state index in [2.05, 4.69) is 24.4 Å². The first-order chi connectivity index (χ1) is 16.6. The number of ether oxygens (including phenoxy) is 1. The summed E-state index contributed by atoms with van der Waals surface area (Å²) in [6.07, 6.45) is 5.12. The topological polar surface area (TPSA) is 58.6 Å². The number of hydrogen-bond donors (Lipinski definition) is 1. The van der Waals surface area contributed by atoms with Crippen molar-refractivity contribution < 1.29 is 14.3 Å². The van der Waals surface area contributed by atoms with Crippen molar-refractivity contribution >= 4 is 17.5 Å². The lowest BCUT2D eigenvalue weighted by Crippen LogP contribution is -2.50. The molecule has 0 radical (unpaired) electrons. The Morgan fingerprint density at radius 3 is 2.47 bits per heavy atom. The summed E-state index contributed by atoms with van der Waals surface area (Å²) in [4.78, 5) is 28.6. The summed E-state index contributed by atoms with van der Waals surface area (Å²) in [6.45, 7) is 2.59. The number of benzene rings is 3. The van der Waals surface area contributed by atoms with Crippen LogP contribution < -0.4 is 10.1 Å². The van der Waals surface area contributed by atoms with Gasteiger partial charge in [0.2, 0.25) is 5.91 Å². The van der Waals surface area contributed by atoms with Crippen LogP contribution in [-0.2, 0) is 24.2 Å². The molecule has 1 aliphatic rings. The van der Waals surface area contributed by atoms with Gasteiger partial charge in [-0.25, -0.2) is 0 Å². The van der Waals surface area contributed by atoms with E-state index in [0.29, 0.717) is 24.3 Å². The fourth-order valence-corrected chi connectivity index (χ4v) is 4.45. The lowest BCUT2D eigenvalue weighted by molar-refractivity contribution is -0.121. The summed E-state index contributed by atoms with van der Waals surface area (Å²) in [7, 11) is 1.58. The van der Waals surface area contributed by atoms with Gasteiger partial charge >= 0.3 is 0 Å². The molecule has 0 aliphatic carbocycles. The van der Waals surface area contributed by atoms with Crippen molar-refractivity contribution in [1.29, 1.82) is 0 Å². The third-order valence-corrected chi connectivity index (χ3v) is 6.42. The van der Waals surface area contributed by atoms with Crippen molar-refractivity contribution in [3.8, 4) is 5.75 Å². The highest BCUT2D eigenvalue weighted by molar-refractivity contribution is 6.01. The monoisotopic (exact) mass is 456 g/mol. The van der Waals surface area contributed by atoms with Crippen LogP contribution in [0.25, 0.3) is 0 Å². The molecule has 176 valence electrons. The van der Waals surface area contributed by atoms with Gasteiger partial charge in [0.1, 0.15) is 11.8 Å². The largest absolute Gasteiger partial charge is 0.497 e. The molecule has 0 spiro atoms. The van der Waals surface area contributed by atoms with E-state index in [1.807, 2.05) is 36.4 Å². The van der Waals surface area contributed by atoms with Gasteiger partial charge in [-0.15, -0.1) is 0 Å². The van der Waals surface area contributed by atoms with Crippen LogP contribution in [0.2, 0.25) is 0 Å². The quantitative estimate of drug-likeness (QED) is 0.447. The fraction of sp³-hybridized carbons (Fsp3) is 0.310. The van der Waals surface area contributed by atoms with E-state index in [1.165, 1.54) is 24.8 Å². The fourth-order valence-electron chi connectivity index (χ4n) is 4.45. The van der Waals surface area contributed by atoms with Gasteiger partial charge in [-0.1, -0.05) is 62.2 Å². The normalized spacial score (nSPS) is 14.9. The molecular formula is C29H32N2O3. The van der Waals surface area contributed by atoms with Crippen LogP contribution in [-0.4, -0.2) is 29.9 Å². The van der Waals surface area contributed by atoms with Gasteiger partial charge in [0.05, 0.1) is 7.11 Å². The predicted octanol–water partition coefficient (Wildman–Crippen LogP) is 5.63. The maximum atomic E-state index is 13.5. The van der Waals surface area contributed by atoms with Crippen molar-refractivity contribution in [3.63, 3.8) is 0 Å². The van der Waals surface area contributed by atoms with Crippen molar-refractivity contribution in [1.82, 2.24) is 4.90 Å². The molecule has 0 saturated carbocycles. The van der Waals surface area contributed by atoms with Crippen molar-refractivity contribution in [2.24, 2.45) is 0 Å². The third kappa shape index (κ3) is 5.48. The smallest absolute Gasteiger partial charge is 0.254 e. The molecule has 5 heteroatoms. The number of nitrogens with zero attached hydrogens (tertiary/aromatic N) is 1. The van der Waals surface area contributed by atoms with Crippen LogP contribution in [0.4, 0.5) is 5.69 Å². The number of fused-ring (bicyclic) bond motifs is 1. The number of unbranched alkanes of at least 4 members (excludes halogenated alkanes) is 2. The molecule has 3 aromatic carbocycles. The molecule has 2 amide bonds. The summed E-state index contributed by atoms with van der Waals surface area (Å²) < 4.78 is 5.29. The molecule has 1 atom stereocenters. The molecule has 0 aromatic heterocycles. The Morgan fingerprint density at radius 2 is 1.74 bits per heavy atom. The zero-order chi connectivity index (χ0) is 23.9. The minimum absolute atomic E-state index is 0.176. The number of carbonyl (C=O) groups excluding carboxylic acids is 2. The van der Waals surface area contributed by atoms with E-state index >= 15 is 0 Å². The van der Waals surface area contributed by atoms with Crippen LogP contribution >= 0.6 is 0 Å². The van der Waals surface area contributed by atoms with Gasteiger partial charge in [-0.3, -0.25) is 9.59 Å². The van der Waals surface area contributed by atoms with E-state index in [-0.39, 0.29) is 11.8 Å². The Balaban J connectivity index is 1.54. The van der Waals surface area contributed by atoms with Crippen LogP contribution in [0.5, 0.6) is 5.75 Å². The van der Waals surface area contributed by atoms with E-state index in [1.54, 1.807) is 36.3 Å². The van der Waals surface area contributed by atoms with E-state index < -0.39 is 6.04 Å². The van der Waals surface area contributed by atoms with Gasteiger partial charge < -0.3 is 15.0 Å². The lowest BCUT2D eigenvalue weighted by atomic mass is 9.92. The van der Waals surface area contributed by atoms with Crippen LogP contribution in [0.15, 0.2) is 72.8 Å². The first-order valence-electron chi connectivity index (χ1n) is 12.0. The molecule has 4 rings (SSSR count). The number of amides is 2. The zero-order valence-electron chi connectivity index (χ0n) is 19.9. The second-order valence-electron chi connectivity index (χ2n) is 8.80. The molecule has 0 bridgehead atoms. The average molecular weight is 457 g/mol. The molecule has 0 fully saturated rings. The Morgan fingerprint density at radius 1 is 0.971 bits per heavy atom. The predicted molar refractivity (Wildman–Crippen MR) is 135 cm³/mol. The summed E-state index contributed by atoms with van der Waals surface area (Å²) in [5, 5.41) is 3.04. The van der Waals surface area contributed by atoms with E-state index in [4.69, 9.17) is 4.74 Å². The molecule has 34 heavy (non-hydrogen) atoms. The van der Waals surface area contributed by atoms with Crippen molar-refractivity contribution in [2.75, 3.05) is 12.4 Å². The SMILES string of the molecule is CCCCCc1ccc(NC(=O)[C@@H]2Cc3ccccc3CN2C(=O)c2cccc(OC)c2)cc1. The minimum Gasteiger partial charge on any atom is -0.497 e. The van der Waals surface area contributed by atoms with Crippen LogP contribution in [0.3, 0.4) is 0 Å². The molecule has 1 aliphatic heterocycles. The first-order valence-corrected chi connectivity index (χ1v) is 12.0. The highest BCUT2D eigenvalue weighted by Gasteiger charge is 2.35. The molecule has 0 unspecified atom stereocenters. The second kappa shape index (κ2) is 11.0. The number of aryl methyl sites for hydroxylation is 1. The minimum atomic E-state index is -0.599. The summed E-state index contributed by atoms with van der Waals surface area (Å²) in [5.74, 6) is 0.257. The molecular weight excluding hydrogens is 424 g/mol. The van der Waals surface area contributed by atoms with E-state index in [9.17, 15) is 9.59 Å². The molecule has 1 N–H and O–H groups in total. The number of hydrogen-bond acceptors (Lipinski definition) is 3. The van der Waals surface area contributed by atoms with Crippen molar-refractivity contribution in [3.05, 3.63) is 95.1 Å². The zero-order valence-corrected chi connectivity index (χ0v) is 19.9.